The summed E-state index contributed by atoms with van der Waals surface area (Å²) in [4.78, 5) is 0. The highest BCUT2D eigenvalue weighted by Crippen LogP contribution is 2.66. The van der Waals surface area contributed by atoms with E-state index in [1.165, 1.54) is 51.5 Å². The maximum Gasteiger partial charge on any atom is 0.0637 e. The number of hydrogen-bond acceptors (Lipinski definition) is 2. The monoisotopic (exact) mass is 279 g/mol. The summed E-state index contributed by atoms with van der Waals surface area (Å²) in [5.74, 6) is 1.83. The fourth-order valence-electron chi connectivity index (χ4n) is 5.18. The van der Waals surface area contributed by atoms with Gasteiger partial charge in [-0.25, -0.2) is 0 Å². The topological polar surface area (TPSA) is 21.3 Å². The zero-order chi connectivity index (χ0) is 14.2. The van der Waals surface area contributed by atoms with E-state index in [0.29, 0.717) is 16.9 Å². The van der Waals surface area contributed by atoms with Gasteiger partial charge < -0.3 is 10.1 Å². The molecule has 0 amide bonds. The van der Waals surface area contributed by atoms with E-state index in [1.807, 2.05) is 0 Å². The normalized spacial score (nSPS) is 39.8. The van der Waals surface area contributed by atoms with E-state index in [-0.39, 0.29) is 0 Å². The first-order valence-electron chi connectivity index (χ1n) is 8.86. The second kappa shape index (κ2) is 5.61. The van der Waals surface area contributed by atoms with Crippen LogP contribution in [0, 0.1) is 22.7 Å². The molecule has 3 saturated carbocycles. The van der Waals surface area contributed by atoms with Gasteiger partial charge in [0.2, 0.25) is 0 Å². The highest BCUT2D eigenvalue weighted by atomic mass is 16.5. The molecular formula is C18H33NO. The molecule has 0 spiro atoms. The van der Waals surface area contributed by atoms with Crippen molar-refractivity contribution in [2.45, 2.75) is 71.8 Å². The van der Waals surface area contributed by atoms with Crippen molar-refractivity contribution in [1.29, 1.82) is 0 Å². The first-order chi connectivity index (χ1) is 9.54. The summed E-state index contributed by atoms with van der Waals surface area (Å²) in [6, 6.07) is 0. The van der Waals surface area contributed by atoms with Crippen molar-refractivity contribution in [3.8, 4) is 0 Å². The van der Waals surface area contributed by atoms with Gasteiger partial charge in [0.05, 0.1) is 12.7 Å². The molecule has 20 heavy (non-hydrogen) atoms. The highest BCUT2D eigenvalue weighted by Gasteiger charge is 2.61. The smallest absolute Gasteiger partial charge is 0.0637 e. The summed E-state index contributed by atoms with van der Waals surface area (Å²) >= 11 is 0. The zero-order valence-corrected chi connectivity index (χ0v) is 13.7. The Morgan fingerprint density at radius 3 is 2.45 bits per heavy atom. The van der Waals surface area contributed by atoms with Gasteiger partial charge in [0.25, 0.3) is 0 Å². The van der Waals surface area contributed by atoms with Crippen LogP contribution < -0.4 is 5.32 Å². The van der Waals surface area contributed by atoms with Gasteiger partial charge in [-0.15, -0.1) is 0 Å². The summed E-state index contributed by atoms with van der Waals surface area (Å²) in [6.45, 7) is 10.5. The largest absolute Gasteiger partial charge is 0.376 e. The van der Waals surface area contributed by atoms with E-state index in [0.717, 1.165) is 25.0 Å². The standard InChI is InChI=1S/C18H33NO/c1-17(2)15-8-9-18(17,3)16(12-15)20-11-10-19-13-14-6-4-5-7-14/h14-16,19H,4-13H2,1-3H3. The molecule has 0 aromatic heterocycles. The van der Waals surface area contributed by atoms with E-state index >= 15 is 0 Å². The van der Waals surface area contributed by atoms with Crippen molar-refractivity contribution in [1.82, 2.24) is 5.32 Å². The number of nitrogens with one attached hydrogen (secondary N) is 1. The molecule has 2 bridgehead atoms. The van der Waals surface area contributed by atoms with Gasteiger partial charge in [-0.2, -0.15) is 0 Å². The van der Waals surface area contributed by atoms with Gasteiger partial charge in [-0.1, -0.05) is 33.6 Å². The average molecular weight is 279 g/mol. The maximum atomic E-state index is 6.28. The quantitative estimate of drug-likeness (QED) is 0.742. The molecular weight excluding hydrogens is 246 g/mol. The Bertz CT molecular complexity index is 334. The van der Waals surface area contributed by atoms with Crippen LogP contribution in [0.2, 0.25) is 0 Å². The van der Waals surface area contributed by atoms with Gasteiger partial charge in [-0.3, -0.25) is 0 Å². The molecule has 0 aromatic carbocycles. The number of ether oxygens (including phenoxy) is 1. The molecule has 3 atom stereocenters. The Morgan fingerprint density at radius 1 is 1.10 bits per heavy atom. The van der Waals surface area contributed by atoms with Gasteiger partial charge in [0.15, 0.2) is 0 Å². The molecule has 3 fully saturated rings. The third kappa shape index (κ3) is 2.43. The molecule has 3 aliphatic carbocycles. The lowest BCUT2D eigenvalue weighted by atomic mass is 9.70. The average Bonchev–Trinajstić information content (AvgIpc) is 3.04. The minimum absolute atomic E-state index is 0.420. The van der Waals surface area contributed by atoms with Crippen molar-refractivity contribution in [3.05, 3.63) is 0 Å². The summed E-state index contributed by atoms with van der Waals surface area (Å²) in [7, 11) is 0. The fraction of sp³-hybridized carbons (Fsp3) is 1.00. The molecule has 0 aromatic rings. The van der Waals surface area contributed by atoms with Gasteiger partial charge >= 0.3 is 0 Å². The van der Waals surface area contributed by atoms with Crippen LogP contribution in [0.1, 0.15) is 65.7 Å². The number of fused-ring (bicyclic) bond motifs is 2. The van der Waals surface area contributed by atoms with E-state index < -0.39 is 0 Å². The third-order valence-electron chi connectivity index (χ3n) is 7.22. The Morgan fingerprint density at radius 2 is 1.85 bits per heavy atom. The van der Waals surface area contributed by atoms with E-state index in [9.17, 15) is 0 Å². The van der Waals surface area contributed by atoms with Gasteiger partial charge in [-0.05, 0) is 61.3 Å². The summed E-state index contributed by atoms with van der Waals surface area (Å²) in [5, 5.41) is 3.60. The van der Waals surface area contributed by atoms with Crippen molar-refractivity contribution < 1.29 is 4.74 Å². The summed E-state index contributed by atoms with van der Waals surface area (Å²) in [6.07, 6.45) is 10.3. The van der Waals surface area contributed by atoms with Crippen LogP contribution in [0.15, 0.2) is 0 Å². The van der Waals surface area contributed by atoms with Crippen molar-refractivity contribution in [2.24, 2.45) is 22.7 Å². The second-order valence-electron chi connectivity index (χ2n) is 8.32. The second-order valence-corrected chi connectivity index (χ2v) is 8.32. The van der Waals surface area contributed by atoms with Crippen molar-refractivity contribution in [2.75, 3.05) is 19.7 Å². The van der Waals surface area contributed by atoms with Crippen molar-refractivity contribution >= 4 is 0 Å². The van der Waals surface area contributed by atoms with E-state index in [4.69, 9.17) is 4.74 Å². The molecule has 2 heteroatoms. The zero-order valence-electron chi connectivity index (χ0n) is 13.7. The molecule has 3 rings (SSSR count). The Balaban J connectivity index is 1.37. The lowest BCUT2D eigenvalue weighted by molar-refractivity contribution is -0.0450. The van der Waals surface area contributed by atoms with Gasteiger partial charge in [0.1, 0.15) is 0 Å². The predicted octanol–water partition coefficient (Wildman–Crippen LogP) is 4.00. The summed E-state index contributed by atoms with van der Waals surface area (Å²) < 4.78 is 6.28. The Kier molecular flexibility index (Phi) is 4.16. The lowest BCUT2D eigenvalue weighted by Gasteiger charge is -2.39. The SMILES string of the molecule is CC1(C)C2CCC1(C)C(OCCNCC1CCCC1)C2. The molecule has 0 saturated heterocycles. The Hall–Kier alpha value is -0.0800. The molecule has 0 heterocycles. The third-order valence-corrected chi connectivity index (χ3v) is 7.22. The van der Waals surface area contributed by atoms with Crippen molar-refractivity contribution in [3.63, 3.8) is 0 Å². The lowest BCUT2D eigenvalue weighted by Crippen LogP contribution is -2.38. The maximum absolute atomic E-state index is 6.28. The van der Waals surface area contributed by atoms with E-state index in [1.54, 1.807) is 0 Å². The number of rotatable bonds is 6. The minimum Gasteiger partial charge on any atom is -0.376 e. The fourth-order valence-corrected chi connectivity index (χ4v) is 5.18. The minimum atomic E-state index is 0.420. The molecule has 0 aliphatic heterocycles. The van der Waals surface area contributed by atoms with Crippen LogP contribution in [0.25, 0.3) is 0 Å². The van der Waals surface area contributed by atoms with E-state index in [2.05, 4.69) is 26.1 Å². The van der Waals surface area contributed by atoms with Crippen LogP contribution in [0.4, 0.5) is 0 Å². The molecule has 1 N–H and O–H groups in total. The van der Waals surface area contributed by atoms with Crippen LogP contribution >= 0.6 is 0 Å². The summed E-state index contributed by atoms with van der Waals surface area (Å²) in [5.41, 5.74) is 0.901. The number of hydrogen-bond donors (Lipinski definition) is 1. The predicted molar refractivity (Wildman–Crippen MR) is 83.8 cm³/mol. The molecule has 116 valence electrons. The first kappa shape index (κ1) is 14.8. The first-order valence-corrected chi connectivity index (χ1v) is 8.86. The van der Waals surface area contributed by atoms with Crippen LogP contribution in [-0.2, 0) is 4.74 Å². The highest BCUT2D eigenvalue weighted by molar-refractivity contribution is 5.11. The van der Waals surface area contributed by atoms with Gasteiger partial charge in [0, 0.05) is 6.54 Å². The molecule has 3 aliphatic rings. The molecule has 2 nitrogen and oxygen atoms in total. The van der Waals surface area contributed by atoms with Crippen LogP contribution in [0.3, 0.4) is 0 Å². The molecule has 0 radical (unpaired) electrons. The van der Waals surface area contributed by atoms with Crippen LogP contribution in [-0.4, -0.2) is 25.8 Å². The van der Waals surface area contributed by atoms with Crippen LogP contribution in [0.5, 0.6) is 0 Å². The Labute approximate surface area is 125 Å². The molecule has 3 unspecified atom stereocenters.